The zero-order chi connectivity index (χ0) is 14.4. The first-order chi connectivity index (χ1) is 8.99. The molecule has 0 N–H and O–H groups in total. The van der Waals surface area contributed by atoms with E-state index < -0.39 is 11.8 Å². The van der Waals surface area contributed by atoms with E-state index in [9.17, 15) is 9.18 Å². The van der Waals surface area contributed by atoms with E-state index in [0.717, 1.165) is 12.8 Å². The fraction of sp³-hybridized carbons (Fsp3) is 0.500. The lowest BCUT2D eigenvalue weighted by Crippen LogP contribution is -2.09. The number of benzene rings is 1. The normalized spacial score (nSPS) is 12.1. The summed E-state index contributed by atoms with van der Waals surface area (Å²) in [6.07, 6.45) is 1.91. The third-order valence-electron chi connectivity index (χ3n) is 2.99. The van der Waals surface area contributed by atoms with Gasteiger partial charge >= 0.3 is 5.97 Å². The first-order valence-electron chi connectivity index (χ1n) is 6.19. The van der Waals surface area contributed by atoms with Crippen molar-refractivity contribution in [2.45, 2.75) is 26.7 Å². The van der Waals surface area contributed by atoms with Gasteiger partial charge in [0.2, 0.25) is 0 Å². The lowest BCUT2D eigenvalue weighted by molar-refractivity contribution is 0.0595. The summed E-state index contributed by atoms with van der Waals surface area (Å²) in [5.41, 5.74) is 0.222. The minimum Gasteiger partial charge on any atom is -0.493 e. The van der Waals surface area contributed by atoms with E-state index in [-0.39, 0.29) is 15.8 Å². The Kier molecular flexibility index (Phi) is 6.28. The lowest BCUT2D eigenvalue weighted by atomic mass is 10.1. The molecular weight excluding hydrogens is 315 g/mol. The van der Waals surface area contributed by atoms with E-state index >= 15 is 0 Å². The molecule has 0 aliphatic rings. The van der Waals surface area contributed by atoms with Crippen LogP contribution in [0.5, 0.6) is 5.75 Å². The molecule has 0 saturated carbocycles. The van der Waals surface area contributed by atoms with Gasteiger partial charge < -0.3 is 9.47 Å². The fourth-order valence-electron chi connectivity index (χ4n) is 1.49. The minimum absolute atomic E-state index is 0.210. The van der Waals surface area contributed by atoms with Crippen molar-refractivity contribution in [1.82, 2.24) is 0 Å². The molecule has 1 aromatic rings. The van der Waals surface area contributed by atoms with E-state index in [0.29, 0.717) is 12.5 Å². The van der Waals surface area contributed by atoms with Crippen molar-refractivity contribution in [3.63, 3.8) is 0 Å². The van der Waals surface area contributed by atoms with Gasteiger partial charge in [0.1, 0.15) is 17.1 Å². The van der Waals surface area contributed by atoms with Crippen LogP contribution in [-0.4, -0.2) is 19.7 Å². The molecule has 1 rings (SSSR count). The van der Waals surface area contributed by atoms with Crippen molar-refractivity contribution in [3.8, 4) is 5.75 Å². The van der Waals surface area contributed by atoms with Crippen LogP contribution in [0.15, 0.2) is 16.6 Å². The van der Waals surface area contributed by atoms with Crippen LogP contribution in [0.25, 0.3) is 0 Å². The van der Waals surface area contributed by atoms with E-state index in [2.05, 4.69) is 34.5 Å². The second-order valence-electron chi connectivity index (χ2n) is 4.40. The maximum atomic E-state index is 13.5. The van der Waals surface area contributed by atoms with Crippen LogP contribution < -0.4 is 4.74 Å². The van der Waals surface area contributed by atoms with Crippen LogP contribution >= 0.6 is 15.9 Å². The summed E-state index contributed by atoms with van der Waals surface area (Å²) >= 11 is 3.04. The zero-order valence-electron chi connectivity index (χ0n) is 11.3. The quantitative estimate of drug-likeness (QED) is 0.732. The van der Waals surface area contributed by atoms with Crippen LogP contribution in [0.2, 0.25) is 0 Å². The highest BCUT2D eigenvalue weighted by atomic mass is 79.9. The third kappa shape index (κ3) is 4.49. The van der Waals surface area contributed by atoms with Crippen molar-refractivity contribution >= 4 is 21.9 Å². The van der Waals surface area contributed by atoms with E-state index in [4.69, 9.17) is 4.74 Å². The molecule has 0 spiro atoms. The molecule has 106 valence electrons. The molecule has 0 saturated heterocycles. The van der Waals surface area contributed by atoms with E-state index in [1.54, 1.807) is 0 Å². The Morgan fingerprint density at radius 2 is 2.16 bits per heavy atom. The molecule has 1 atom stereocenters. The molecule has 0 amide bonds. The highest BCUT2D eigenvalue weighted by Gasteiger charge is 2.17. The SMILES string of the molecule is CCC(C)CCOc1cc(F)c(Br)cc1C(=O)OC. The summed E-state index contributed by atoms with van der Waals surface area (Å²) < 4.78 is 23.9. The van der Waals surface area contributed by atoms with Crippen molar-refractivity contribution in [3.05, 3.63) is 28.0 Å². The minimum atomic E-state index is -0.542. The third-order valence-corrected chi connectivity index (χ3v) is 3.60. The van der Waals surface area contributed by atoms with E-state index in [1.165, 1.54) is 19.2 Å². The Hall–Kier alpha value is -1.10. The number of rotatable bonds is 6. The Bertz CT molecular complexity index is 449. The molecule has 0 heterocycles. The number of carbonyl (C=O) groups excluding carboxylic acids is 1. The van der Waals surface area contributed by atoms with Crippen LogP contribution in [-0.2, 0) is 4.74 Å². The Labute approximate surface area is 121 Å². The number of carbonyl (C=O) groups is 1. The lowest BCUT2D eigenvalue weighted by Gasteiger charge is -2.13. The number of esters is 1. The molecule has 0 bridgehead atoms. The molecule has 0 aromatic heterocycles. The van der Waals surface area contributed by atoms with Gasteiger partial charge in [-0.15, -0.1) is 0 Å². The first kappa shape index (κ1) is 16.0. The summed E-state index contributed by atoms with van der Waals surface area (Å²) in [6.45, 7) is 4.66. The Balaban J connectivity index is 2.85. The molecule has 1 unspecified atom stereocenters. The number of ether oxygens (including phenoxy) is 2. The van der Waals surface area contributed by atoms with Crippen LogP contribution in [0.4, 0.5) is 4.39 Å². The van der Waals surface area contributed by atoms with Crippen molar-refractivity contribution in [2.24, 2.45) is 5.92 Å². The summed E-state index contributed by atoms with van der Waals surface area (Å²) in [4.78, 5) is 11.6. The molecule has 0 aliphatic heterocycles. The predicted molar refractivity (Wildman–Crippen MR) is 75.0 cm³/mol. The van der Waals surface area contributed by atoms with Gasteiger partial charge in [0.25, 0.3) is 0 Å². The van der Waals surface area contributed by atoms with Gasteiger partial charge in [-0.05, 0) is 34.3 Å². The van der Waals surface area contributed by atoms with Gasteiger partial charge in [-0.3, -0.25) is 0 Å². The van der Waals surface area contributed by atoms with Crippen LogP contribution in [0.3, 0.4) is 0 Å². The highest BCUT2D eigenvalue weighted by Crippen LogP contribution is 2.27. The largest absolute Gasteiger partial charge is 0.493 e. The first-order valence-corrected chi connectivity index (χ1v) is 6.99. The van der Waals surface area contributed by atoms with Gasteiger partial charge in [0, 0.05) is 6.07 Å². The fourth-order valence-corrected chi connectivity index (χ4v) is 1.84. The molecule has 0 fully saturated rings. The number of hydrogen-bond donors (Lipinski definition) is 0. The van der Waals surface area contributed by atoms with Crippen molar-refractivity contribution in [2.75, 3.05) is 13.7 Å². The monoisotopic (exact) mass is 332 g/mol. The average molecular weight is 333 g/mol. The second kappa shape index (κ2) is 7.48. The van der Waals surface area contributed by atoms with Crippen molar-refractivity contribution < 1.29 is 18.7 Å². The van der Waals surface area contributed by atoms with Crippen molar-refractivity contribution in [1.29, 1.82) is 0 Å². The number of methoxy groups -OCH3 is 1. The zero-order valence-corrected chi connectivity index (χ0v) is 12.9. The molecule has 1 aromatic carbocycles. The maximum Gasteiger partial charge on any atom is 0.341 e. The molecule has 0 radical (unpaired) electrons. The Morgan fingerprint density at radius 1 is 1.47 bits per heavy atom. The topological polar surface area (TPSA) is 35.5 Å². The summed E-state index contributed by atoms with van der Waals surface area (Å²) in [5, 5.41) is 0. The van der Waals surface area contributed by atoms with Gasteiger partial charge in [0.15, 0.2) is 0 Å². The van der Waals surface area contributed by atoms with Gasteiger partial charge in [0.05, 0.1) is 18.2 Å². The molecule has 0 aliphatic carbocycles. The smallest absolute Gasteiger partial charge is 0.341 e. The number of halogens is 2. The van der Waals surface area contributed by atoms with Crippen LogP contribution in [0, 0.1) is 11.7 Å². The number of hydrogen-bond acceptors (Lipinski definition) is 3. The van der Waals surface area contributed by atoms with Crippen LogP contribution in [0.1, 0.15) is 37.0 Å². The second-order valence-corrected chi connectivity index (χ2v) is 5.26. The van der Waals surface area contributed by atoms with Gasteiger partial charge in [-0.2, -0.15) is 0 Å². The summed E-state index contributed by atoms with van der Waals surface area (Å²) in [7, 11) is 1.28. The van der Waals surface area contributed by atoms with E-state index in [1.807, 2.05) is 0 Å². The van der Waals surface area contributed by atoms with Gasteiger partial charge in [-0.1, -0.05) is 20.3 Å². The molecule has 19 heavy (non-hydrogen) atoms. The Morgan fingerprint density at radius 3 is 2.74 bits per heavy atom. The summed E-state index contributed by atoms with van der Waals surface area (Å²) in [5.74, 6) is -0.261. The van der Waals surface area contributed by atoms with Gasteiger partial charge in [-0.25, -0.2) is 9.18 Å². The maximum absolute atomic E-state index is 13.5. The molecule has 3 nitrogen and oxygen atoms in total. The summed E-state index contributed by atoms with van der Waals surface area (Å²) in [6, 6.07) is 2.58. The standard InChI is InChI=1S/C14H18BrFO3/c1-4-9(2)5-6-19-13-8-12(16)11(15)7-10(13)14(17)18-3/h7-9H,4-6H2,1-3H3. The molecule has 5 heteroatoms. The average Bonchev–Trinajstić information content (AvgIpc) is 2.41. The highest BCUT2D eigenvalue weighted by molar-refractivity contribution is 9.10. The predicted octanol–water partition coefficient (Wildman–Crippen LogP) is 4.19. The molecular formula is C14H18BrFO3.